The third-order valence-electron chi connectivity index (χ3n) is 2.99. The van der Waals surface area contributed by atoms with Gasteiger partial charge in [-0.3, -0.25) is 0 Å². The van der Waals surface area contributed by atoms with E-state index in [-0.39, 0.29) is 11.9 Å². The van der Waals surface area contributed by atoms with E-state index in [1.54, 1.807) is 22.8 Å². The standard InChI is InChI=1S/C13H14ClF3N2O/c1-7(2)19-10-4-3-8(14)5-9(10)18-12(19)6-11(20)13(15,16)17/h3-5,7,11,20H,6H2,1-2H3. The molecule has 1 aromatic heterocycles. The van der Waals surface area contributed by atoms with Crippen molar-refractivity contribution < 1.29 is 18.3 Å². The first-order valence-corrected chi connectivity index (χ1v) is 6.49. The molecule has 7 heteroatoms. The Morgan fingerprint density at radius 1 is 1.35 bits per heavy atom. The Balaban J connectivity index is 2.49. The zero-order valence-corrected chi connectivity index (χ0v) is 11.7. The Morgan fingerprint density at radius 2 is 2.00 bits per heavy atom. The van der Waals surface area contributed by atoms with Gasteiger partial charge in [0.25, 0.3) is 0 Å². The number of nitrogens with zero attached hydrogens (tertiary/aromatic N) is 2. The molecule has 1 aromatic carbocycles. The van der Waals surface area contributed by atoms with E-state index >= 15 is 0 Å². The first kappa shape index (κ1) is 15.1. The molecule has 110 valence electrons. The van der Waals surface area contributed by atoms with Gasteiger partial charge in [-0.2, -0.15) is 13.2 Å². The molecule has 0 saturated carbocycles. The van der Waals surface area contributed by atoms with Crippen molar-refractivity contribution in [3.63, 3.8) is 0 Å². The van der Waals surface area contributed by atoms with E-state index in [2.05, 4.69) is 4.98 Å². The van der Waals surface area contributed by atoms with Crippen LogP contribution in [0.3, 0.4) is 0 Å². The fourth-order valence-electron chi connectivity index (χ4n) is 2.13. The van der Waals surface area contributed by atoms with Crippen LogP contribution in [0.4, 0.5) is 13.2 Å². The minimum Gasteiger partial charge on any atom is -0.383 e. The molecule has 1 atom stereocenters. The van der Waals surface area contributed by atoms with Crippen LogP contribution < -0.4 is 0 Å². The predicted molar refractivity (Wildman–Crippen MR) is 70.9 cm³/mol. The largest absolute Gasteiger partial charge is 0.414 e. The van der Waals surface area contributed by atoms with E-state index in [9.17, 15) is 18.3 Å². The fraction of sp³-hybridized carbons (Fsp3) is 0.462. The highest BCUT2D eigenvalue weighted by atomic mass is 35.5. The molecule has 1 N–H and O–H groups in total. The highest BCUT2D eigenvalue weighted by Crippen LogP contribution is 2.27. The molecule has 0 fully saturated rings. The Kier molecular flexibility index (Phi) is 3.97. The number of hydrogen-bond donors (Lipinski definition) is 1. The zero-order valence-electron chi connectivity index (χ0n) is 10.9. The van der Waals surface area contributed by atoms with Gasteiger partial charge in [-0.1, -0.05) is 11.6 Å². The van der Waals surface area contributed by atoms with Crippen molar-refractivity contribution in [3.05, 3.63) is 29.0 Å². The molecule has 0 saturated heterocycles. The second-order valence-corrected chi connectivity index (χ2v) is 5.32. The lowest BCUT2D eigenvalue weighted by molar-refractivity contribution is -0.203. The van der Waals surface area contributed by atoms with Crippen LogP contribution in [-0.4, -0.2) is 26.9 Å². The first-order valence-electron chi connectivity index (χ1n) is 6.11. The molecule has 0 aliphatic carbocycles. The smallest absolute Gasteiger partial charge is 0.383 e. The minimum atomic E-state index is -4.66. The topological polar surface area (TPSA) is 38.0 Å². The molecule has 3 nitrogen and oxygen atoms in total. The molecule has 0 amide bonds. The van der Waals surface area contributed by atoms with Gasteiger partial charge in [0, 0.05) is 17.5 Å². The van der Waals surface area contributed by atoms with Crippen molar-refractivity contribution >= 4 is 22.6 Å². The maximum Gasteiger partial charge on any atom is 0.414 e. The summed E-state index contributed by atoms with van der Waals surface area (Å²) < 4.78 is 39.1. The summed E-state index contributed by atoms with van der Waals surface area (Å²) in [6.07, 6.45) is -7.65. The molecular formula is C13H14ClF3N2O. The quantitative estimate of drug-likeness (QED) is 0.938. The van der Waals surface area contributed by atoms with Crippen molar-refractivity contribution in [2.75, 3.05) is 0 Å². The average Bonchev–Trinajstić information content (AvgIpc) is 2.64. The van der Waals surface area contributed by atoms with Gasteiger partial charge in [0.05, 0.1) is 11.0 Å². The zero-order chi connectivity index (χ0) is 15.1. The van der Waals surface area contributed by atoms with E-state index in [0.29, 0.717) is 16.1 Å². The van der Waals surface area contributed by atoms with E-state index in [4.69, 9.17) is 11.6 Å². The summed E-state index contributed by atoms with van der Waals surface area (Å²) in [6.45, 7) is 3.69. The van der Waals surface area contributed by atoms with Gasteiger partial charge >= 0.3 is 6.18 Å². The third kappa shape index (κ3) is 2.91. The van der Waals surface area contributed by atoms with Gasteiger partial charge in [0.15, 0.2) is 6.10 Å². The summed E-state index contributed by atoms with van der Waals surface area (Å²) in [5.41, 5.74) is 1.23. The highest BCUT2D eigenvalue weighted by molar-refractivity contribution is 6.31. The van der Waals surface area contributed by atoms with Crippen LogP contribution in [-0.2, 0) is 6.42 Å². The number of imidazole rings is 1. The Labute approximate surface area is 119 Å². The summed E-state index contributed by atoms with van der Waals surface area (Å²) in [7, 11) is 0. The highest BCUT2D eigenvalue weighted by Gasteiger charge is 2.39. The number of halogens is 4. The third-order valence-corrected chi connectivity index (χ3v) is 3.23. The van der Waals surface area contributed by atoms with E-state index in [0.717, 1.165) is 0 Å². The minimum absolute atomic E-state index is 0.0726. The summed E-state index contributed by atoms with van der Waals surface area (Å²) in [4.78, 5) is 4.17. The van der Waals surface area contributed by atoms with Gasteiger partial charge < -0.3 is 9.67 Å². The second kappa shape index (κ2) is 5.26. The molecule has 2 rings (SSSR count). The van der Waals surface area contributed by atoms with Gasteiger partial charge in [-0.05, 0) is 32.0 Å². The molecule has 1 unspecified atom stereocenters. The predicted octanol–water partition coefficient (Wildman–Crippen LogP) is 3.74. The number of aromatic nitrogens is 2. The summed E-state index contributed by atoms with van der Waals surface area (Å²) >= 11 is 5.86. The maximum absolute atomic E-state index is 12.5. The molecule has 1 heterocycles. The van der Waals surface area contributed by atoms with E-state index in [1.807, 2.05) is 13.8 Å². The molecule has 0 aliphatic heterocycles. The van der Waals surface area contributed by atoms with Crippen LogP contribution in [0.5, 0.6) is 0 Å². The molecule has 0 spiro atoms. The Bertz CT molecular complexity index is 622. The molecule has 0 radical (unpaired) electrons. The summed E-state index contributed by atoms with van der Waals surface area (Å²) in [6, 6.07) is 4.90. The Hall–Kier alpha value is -1.27. The number of hydrogen-bond acceptors (Lipinski definition) is 2. The normalized spacial score (nSPS) is 14.2. The Morgan fingerprint density at radius 3 is 2.55 bits per heavy atom. The van der Waals surface area contributed by atoms with Gasteiger partial charge in [0.2, 0.25) is 0 Å². The number of rotatable bonds is 3. The lowest BCUT2D eigenvalue weighted by Crippen LogP contribution is -2.31. The monoisotopic (exact) mass is 306 g/mol. The average molecular weight is 307 g/mol. The lowest BCUT2D eigenvalue weighted by atomic mass is 10.2. The molecule has 0 bridgehead atoms. The van der Waals surface area contributed by atoms with Gasteiger partial charge in [-0.15, -0.1) is 0 Å². The number of fused-ring (bicyclic) bond motifs is 1. The SMILES string of the molecule is CC(C)n1c(CC(O)C(F)(F)F)nc2cc(Cl)ccc21. The molecule has 2 aromatic rings. The van der Waals surface area contributed by atoms with Crippen molar-refractivity contribution in [2.24, 2.45) is 0 Å². The van der Waals surface area contributed by atoms with E-state index < -0.39 is 18.7 Å². The van der Waals surface area contributed by atoms with Crippen molar-refractivity contribution in [3.8, 4) is 0 Å². The molecule has 20 heavy (non-hydrogen) atoms. The lowest BCUT2D eigenvalue weighted by Gasteiger charge is -2.17. The fourth-order valence-corrected chi connectivity index (χ4v) is 2.30. The van der Waals surface area contributed by atoms with Crippen LogP contribution in [0.1, 0.15) is 25.7 Å². The van der Waals surface area contributed by atoms with Crippen LogP contribution in [0.2, 0.25) is 5.02 Å². The number of alkyl halides is 3. The van der Waals surface area contributed by atoms with Crippen molar-refractivity contribution in [2.45, 2.75) is 38.6 Å². The number of aliphatic hydroxyl groups excluding tert-OH is 1. The van der Waals surface area contributed by atoms with Crippen molar-refractivity contribution in [1.82, 2.24) is 9.55 Å². The second-order valence-electron chi connectivity index (χ2n) is 4.89. The number of aliphatic hydroxyl groups is 1. The van der Waals surface area contributed by atoms with Crippen LogP contribution >= 0.6 is 11.6 Å². The summed E-state index contributed by atoms with van der Waals surface area (Å²) in [5.74, 6) is 0.196. The summed E-state index contributed by atoms with van der Waals surface area (Å²) in [5, 5.41) is 9.69. The van der Waals surface area contributed by atoms with Crippen LogP contribution in [0.15, 0.2) is 18.2 Å². The molecule has 0 aliphatic rings. The van der Waals surface area contributed by atoms with Gasteiger partial charge in [-0.25, -0.2) is 4.98 Å². The molecular weight excluding hydrogens is 293 g/mol. The maximum atomic E-state index is 12.5. The van der Waals surface area contributed by atoms with E-state index in [1.165, 1.54) is 0 Å². The van der Waals surface area contributed by atoms with Crippen LogP contribution in [0.25, 0.3) is 11.0 Å². The van der Waals surface area contributed by atoms with Gasteiger partial charge in [0.1, 0.15) is 5.82 Å². The number of benzene rings is 1. The first-order chi connectivity index (χ1) is 9.20. The van der Waals surface area contributed by atoms with Crippen molar-refractivity contribution in [1.29, 1.82) is 0 Å². The van der Waals surface area contributed by atoms with Crippen LogP contribution in [0, 0.1) is 0 Å².